The van der Waals surface area contributed by atoms with Crippen molar-refractivity contribution in [3.8, 4) is 0 Å². The molecule has 0 unspecified atom stereocenters. The second-order valence-electron chi connectivity index (χ2n) is 3.66. The minimum atomic E-state index is -3.07. The topological polar surface area (TPSA) is 58.6 Å². The molecule has 0 bridgehead atoms. The van der Waals surface area contributed by atoms with E-state index in [0.29, 0.717) is 26.1 Å². The van der Waals surface area contributed by atoms with E-state index in [1.54, 1.807) is 11.4 Å². The van der Waals surface area contributed by atoms with Gasteiger partial charge < -0.3 is 10.1 Å². The normalized spacial score (nSPS) is 18.8. The van der Waals surface area contributed by atoms with Crippen LogP contribution in [0.2, 0.25) is 0 Å². The van der Waals surface area contributed by atoms with Crippen LogP contribution in [-0.4, -0.2) is 58.4 Å². The van der Waals surface area contributed by atoms with Crippen LogP contribution in [-0.2, 0) is 14.8 Å². The molecule has 0 radical (unpaired) electrons. The van der Waals surface area contributed by atoms with E-state index >= 15 is 0 Å². The summed E-state index contributed by atoms with van der Waals surface area (Å²) < 4.78 is 30.2. The van der Waals surface area contributed by atoms with Crippen molar-refractivity contribution in [3.05, 3.63) is 0 Å². The Morgan fingerprint density at radius 1 is 1.31 bits per heavy atom. The second kappa shape index (κ2) is 8.25. The van der Waals surface area contributed by atoms with Crippen LogP contribution < -0.4 is 5.32 Å². The monoisotopic (exact) mass is 272 g/mol. The van der Waals surface area contributed by atoms with Gasteiger partial charge in [-0.2, -0.15) is 0 Å². The lowest BCUT2D eigenvalue weighted by Crippen LogP contribution is -2.36. The molecule has 0 aromatic carbocycles. The van der Waals surface area contributed by atoms with Gasteiger partial charge in [0.05, 0.1) is 5.75 Å². The first kappa shape index (κ1) is 16.1. The number of halogens is 1. The molecular weight excluding hydrogens is 252 g/mol. The van der Waals surface area contributed by atoms with Gasteiger partial charge in [-0.1, -0.05) is 0 Å². The highest BCUT2D eigenvalue weighted by molar-refractivity contribution is 7.89. The van der Waals surface area contributed by atoms with E-state index in [-0.39, 0.29) is 18.2 Å². The summed E-state index contributed by atoms with van der Waals surface area (Å²) in [6.07, 6.45) is 1.46. The summed E-state index contributed by atoms with van der Waals surface area (Å²) in [5, 5.41) is 3.19. The fourth-order valence-electron chi connectivity index (χ4n) is 1.61. The van der Waals surface area contributed by atoms with Crippen molar-refractivity contribution >= 4 is 22.4 Å². The molecule has 7 heteroatoms. The molecule has 98 valence electrons. The maximum Gasteiger partial charge on any atom is 0.214 e. The first-order valence-electron chi connectivity index (χ1n) is 5.34. The molecule has 1 heterocycles. The van der Waals surface area contributed by atoms with Gasteiger partial charge in [0.25, 0.3) is 0 Å². The molecule has 1 fully saturated rings. The molecule has 1 rings (SSSR count). The van der Waals surface area contributed by atoms with Crippen LogP contribution in [0.4, 0.5) is 0 Å². The molecule has 5 nitrogen and oxygen atoms in total. The average molecular weight is 273 g/mol. The molecule has 1 saturated heterocycles. The summed E-state index contributed by atoms with van der Waals surface area (Å²) in [6.45, 7) is 3.40. The highest BCUT2D eigenvalue weighted by Gasteiger charge is 2.21. The summed E-state index contributed by atoms with van der Waals surface area (Å²) in [5.74, 6) is 0.195. The SMILES string of the molecule is COCCCS(=O)(=O)N1CCCNCC1.Cl. The summed E-state index contributed by atoms with van der Waals surface area (Å²) in [7, 11) is -1.48. The number of hydrogen-bond donors (Lipinski definition) is 1. The fourth-order valence-corrected chi connectivity index (χ4v) is 3.13. The zero-order valence-corrected chi connectivity index (χ0v) is 11.3. The van der Waals surface area contributed by atoms with Gasteiger partial charge in [0.1, 0.15) is 0 Å². The molecule has 1 aliphatic rings. The highest BCUT2D eigenvalue weighted by Crippen LogP contribution is 2.06. The van der Waals surface area contributed by atoms with Gasteiger partial charge in [0, 0.05) is 33.4 Å². The number of rotatable bonds is 5. The average Bonchev–Trinajstić information content (AvgIpc) is 2.46. The molecule has 0 aromatic rings. The minimum absolute atomic E-state index is 0. The molecule has 0 atom stereocenters. The van der Waals surface area contributed by atoms with Crippen molar-refractivity contribution < 1.29 is 13.2 Å². The van der Waals surface area contributed by atoms with Crippen molar-refractivity contribution in [2.24, 2.45) is 0 Å². The Morgan fingerprint density at radius 2 is 2.06 bits per heavy atom. The molecule has 0 aromatic heterocycles. The summed E-state index contributed by atoms with van der Waals surface area (Å²) >= 11 is 0. The lowest BCUT2D eigenvalue weighted by molar-refractivity contribution is 0.199. The van der Waals surface area contributed by atoms with E-state index in [9.17, 15) is 8.42 Å². The Hall–Kier alpha value is 0.120. The van der Waals surface area contributed by atoms with Crippen LogP contribution in [0.3, 0.4) is 0 Å². The fraction of sp³-hybridized carbons (Fsp3) is 1.00. The van der Waals surface area contributed by atoms with E-state index in [4.69, 9.17) is 4.74 Å². The summed E-state index contributed by atoms with van der Waals surface area (Å²) in [4.78, 5) is 0. The van der Waals surface area contributed by atoms with E-state index in [1.165, 1.54) is 0 Å². The van der Waals surface area contributed by atoms with Crippen molar-refractivity contribution in [1.82, 2.24) is 9.62 Å². The molecule has 0 amide bonds. The van der Waals surface area contributed by atoms with Crippen LogP contribution in [0.25, 0.3) is 0 Å². The van der Waals surface area contributed by atoms with Gasteiger partial charge in [-0.3, -0.25) is 0 Å². The second-order valence-corrected chi connectivity index (χ2v) is 5.75. The maximum absolute atomic E-state index is 11.9. The van der Waals surface area contributed by atoms with Gasteiger partial charge in [-0.25, -0.2) is 12.7 Å². The quantitative estimate of drug-likeness (QED) is 0.720. The zero-order valence-electron chi connectivity index (χ0n) is 9.65. The number of methoxy groups -OCH3 is 1. The third-order valence-corrected chi connectivity index (χ3v) is 4.40. The molecule has 16 heavy (non-hydrogen) atoms. The predicted molar refractivity (Wildman–Crippen MR) is 66.6 cm³/mol. The molecule has 0 aliphatic carbocycles. The zero-order chi connectivity index (χ0) is 11.1. The van der Waals surface area contributed by atoms with Crippen molar-refractivity contribution in [2.45, 2.75) is 12.8 Å². The lowest BCUT2D eigenvalue weighted by Gasteiger charge is -2.19. The Labute approximate surface area is 104 Å². The van der Waals surface area contributed by atoms with Crippen LogP contribution >= 0.6 is 12.4 Å². The van der Waals surface area contributed by atoms with Gasteiger partial charge in [-0.05, 0) is 19.4 Å². The van der Waals surface area contributed by atoms with E-state index in [1.807, 2.05) is 0 Å². The van der Waals surface area contributed by atoms with Gasteiger partial charge >= 0.3 is 0 Å². The van der Waals surface area contributed by atoms with E-state index in [2.05, 4.69) is 5.32 Å². The first-order chi connectivity index (χ1) is 7.17. The Balaban J connectivity index is 0.00000225. The molecule has 0 spiro atoms. The van der Waals surface area contributed by atoms with Crippen LogP contribution in [0.5, 0.6) is 0 Å². The Morgan fingerprint density at radius 3 is 2.75 bits per heavy atom. The molecular formula is C9H21ClN2O3S. The van der Waals surface area contributed by atoms with Crippen molar-refractivity contribution in [1.29, 1.82) is 0 Å². The Bertz CT molecular complexity index is 264. The number of sulfonamides is 1. The van der Waals surface area contributed by atoms with Crippen LogP contribution in [0.1, 0.15) is 12.8 Å². The molecule has 1 N–H and O–H groups in total. The third kappa shape index (κ3) is 5.45. The van der Waals surface area contributed by atoms with E-state index in [0.717, 1.165) is 19.5 Å². The molecule has 1 aliphatic heterocycles. The van der Waals surface area contributed by atoms with Crippen molar-refractivity contribution in [3.63, 3.8) is 0 Å². The standard InChI is InChI=1S/C9H20N2O3S.ClH/c1-14-8-3-9-15(12,13)11-6-2-4-10-5-7-11;/h10H,2-9H2,1H3;1H. The first-order valence-corrected chi connectivity index (χ1v) is 6.95. The number of nitrogens with one attached hydrogen (secondary N) is 1. The maximum atomic E-state index is 11.9. The smallest absolute Gasteiger partial charge is 0.214 e. The highest BCUT2D eigenvalue weighted by atomic mass is 35.5. The molecule has 0 saturated carbocycles. The predicted octanol–water partition coefficient (Wildman–Crippen LogP) is 0.0698. The lowest BCUT2D eigenvalue weighted by atomic mass is 10.4. The number of hydrogen-bond acceptors (Lipinski definition) is 4. The van der Waals surface area contributed by atoms with Gasteiger partial charge in [0.15, 0.2) is 0 Å². The van der Waals surface area contributed by atoms with Crippen LogP contribution in [0, 0.1) is 0 Å². The van der Waals surface area contributed by atoms with Crippen LogP contribution in [0.15, 0.2) is 0 Å². The largest absolute Gasteiger partial charge is 0.385 e. The van der Waals surface area contributed by atoms with Gasteiger partial charge in [-0.15, -0.1) is 12.4 Å². The summed E-state index contributed by atoms with van der Waals surface area (Å²) in [5.41, 5.74) is 0. The van der Waals surface area contributed by atoms with E-state index < -0.39 is 10.0 Å². The van der Waals surface area contributed by atoms with Gasteiger partial charge in [0.2, 0.25) is 10.0 Å². The minimum Gasteiger partial charge on any atom is -0.385 e. The number of nitrogens with zero attached hydrogens (tertiary/aromatic N) is 1. The number of ether oxygens (including phenoxy) is 1. The third-order valence-electron chi connectivity index (χ3n) is 2.44. The van der Waals surface area contributed by atoms with Crippen molar-refractivity contribution in [2.75, 3.05) is 45.6 Å². The Kier molecular flexibility index (Phi) is 8.31. The summed E-state index contributed by atoms with van der Waals surface area (Å²) in [6, 6.07) is 0.